The van der Waals surface area contributed by atoms with Crippen molar-refractivity contribution in [3.05, 3.63) is 35.7 Å². The summed E-state index contributed by atoms with van der Waals surface area (Å²) in [4.78, 5) is 29.1. The number of alkyl halides is 3. The molecule has 0 saturated heterocycles. The Hall–Kier alpha value is -2.71. The minimum Gasteiger partial charge on any atom is -0.335 e. The zero-order valence-corrected chi connectivity index (χ0v) is 15.5. The Kier molecular flexibility index (Phi) is 5.53. The van der Waals surface area contributed by atoms with Crippen LogP contribution in [0, 0.1) is 5.92 Å². The topological polar surface area (TPSA) is 76.3 Å². The second-order valence-electron chi connectivity index (χ2n) is 7.12. The molecule has 1 aromatic heterocycles. The molecule has 0 N–H and O–H groups in total. The molecule has 0 spiro atoms. The number of carbonyl (C=O) groups is 2. The Morgan fingerprint density at radius 1 is 1.25 bits per heavy atom. The van der Waals surface area contributed by atoms with E-state index in [0.29, 0.717) is 12.1 Å². The first-order chi connectivity index (χ1) is 13.1. The number of ketones is 1. The number of hydrogen-bond donors (Lipinski definition) is 0. The molecule has 1 fully saturated rings. The van der Waals surface area contributed by atoms with Gasteiger partial charge < -0.3 is 14.2 Å². The van der Waals surface area contributed by atoms with Crippen LogP contribution in [0.3, 0.4) is 0 Å². The maximum Gasteiger partial charge on any atom is 0.471 e. The molecule has 1 heterocycles. The van der Waals surface area contributed by atoms with Gasteiger partial charge in [-0.15, -0.1) is 0 Å². The van der Waals surface area contributed by atoms with Gasteiger partial charge >= 0.3 is 12.1 Å². The highest BCUT2D eigenvalue weighted by Gasteiger charge is 2.38. The summed E-state index contributed by atoms with van der Waals surface area (Å²) in [6.07, 6.45) is -2.62. The van der Waals surface area contributed by atoms with E-state index in [1.54, 1.807) is 36.1 Å². The van der Waals surface area contributed by atoms with Gasteiger partial charge in [-0.2, -0.15) is 18.2 Å². The van der Waals surface area contributed by atoms with Crippen LogP contribution in [0.15, 0.2) is 28.8 Å². The zero-order chi connectivity index (χ0) is 20.5. The van der Waals surface area contributed by atoms with Crippen molar-refractivity contribution in [3.8, 4) is 11.4 Å². The lowest BCUT2D eigenvalue weighted by atomic mass is 10.0. The van der Waals surface area contributed by atoms with Crippen molar-refractivity contribution in [2.75, 3.05) is 0 Å². The number of rotatable bonds is 7. The Balaban J connectivity index is 1.71. The standard InChI is InChI=1S/C19H20F3N3O3/c1-11(9-12(2)26)17(27)25(15-7-8-15)10-13-3-5-14(6-4-13)16-23-18(28-24-16)19(20,21)22/h3-6,11,15H,7-10H2,1-2H3. The smallest absolute Gasteiger partial charge is 0.335 e. The molecule has 0 radical (unpaired) electrons. The summed E-state index contributed by atoms with van der Waals surface area (Å²) in [6.45, 7) is 3.59. The van der Waals surface area contributed by atoms with E-state index in [1.807, 2.05) is 0 Å². The van der Waals surface area contributed by atoms with E-state index in [4.69, 9.17) is 0 Å². The number of benzene rings is 1. The van der Waals surface area contributed by atoms with Crippen molar-refractivity contribution in [1.29, 1.82) is 0 Å². The number of carbonyl (C=O) groups excluding carboxylic acids is 2. The predicted octanol–water partition coefficient (Wildman–Crippen LogP) is 3.86. The molecule has 1 saturated carbocycles. The zero-order valence-electron chi connectivity index (χ0n) is 15.5. The summed E-state index contributed by atoms with van der Waals surface area (Å²) in [6, 6.07) is 6.80. The number of amides is 1. The highest BCUT2D eigenvalue weighted by Crippen LogP contribution is 2.31. The van der Waals surface area contributed by atoms with Crippen LogP contribution in [0.1, 0.15) is 44.6 Å². The highest BCUT2D eigenvalue weighted by atomic mass is 19.4. The van der Waals surface area contributed by atoms with Gasteiger partial charge in [0.05, 0.1) is 0 Å². The monoisotopic (exact) mass is 395 g/mol. The lowest BCUT2D eigenvalue weighted by Crippen LogP contribution is -2.37. The van der Waals surface area contributed by atoms with Crippen molar-refractivity contribution in [2.45, 2.75) is 51.9 Å². The van der Waals surface area contributed by atoms with Gasteiger partial charge in [0.25, 0.3) is 0 Å². The number of Topliss-reactive ketones (excluding diaryl/α,β-unsaturated/α-hetero) is 1. The van der Waals surface area contributed by atoms with E-state index >= 15 is 0 Å². The molecule has 0 aliphatic heterocycles. The average Bonchev–Trinajstić information content (AvgIpc) is 3.33. The Bertz CT molecular complexity index is 857. The predicted molar refractivity (Wildman–Crippen MR) is 92.8 cm³/mol. The van der Waals surface area contributed by atoms with Crippen molar-refractivity contribution >= 4 is 11.7 Å². The van der Waals surface area contributed by atoms with E-state index in [-0.39, 0.29) is 35.9 Å². The maximum atomic E-state index is 12.7. The molecule has 2 aromatic rings. The third-order valence-electron chi connectivity index (χ3n) is 4.52. The van der Waals surface area contributed by atoms with Crippen LogP contribution >= 0.6 is 0 Å². The first kappa shape index (κ1) is 20.0. The first-order valence-electron chi connectivity index (χ1n) is 8.95. The molecular formula is C19H20F3N3O3. The van der Waals surface area contributed by atoms with Gasteiger partial charge in [-0.25, -0.2) is 0 Å². The van der Waals surface area contributed by atoms with Crippen LogP contribution in [0.4, 0.5) is 13.2 Å². The second-order valence-corrected chi connectivity index (χ2v) is 7.12. The number of aromatic nitrogens is 2. The maximum absolute atomic E-state index is 12.7. The Morgan fingerprint density at radius 3 is 2.39 bits per heavy atom. The minimum absolute atomic E-state index is 0.0284. The van der Waals surface area contributed by atoms with Gasteiger partial charge in [0, 0.05) is 30.5 Å². The van der Waals surface area contributed by atoms with Gasteiger partial charge in [-0.05, 0) is 25.3 Å². The van der Waals surface area contributed by atoms with Crippen LogP contribution in [0.2, 0.25) is 0 Å². The van der Waals surface area contributed by atoms with Crippen molar-refractivity contribution in [3.63, 3.8) is 0 Å². The van der Waals surface area contributed by atoms with Gasteiger partial charge in [-0.1, -0.05) is 36.3 Å². The van der Waals surface area contributed by atoms with Gasteiger partial charge in [-0.3, -0.25) is 4.79 Å². The van der Waals surface area contributed by atoms with Crippen LogP contribution in [0.5, 0.6) is 0 Å². The molecule has 1 aliphatic carbocycles. The third-order valence-corrected chi connectivity index (χ3v) is 4.52. The van der Waals surface area contributed by atoms with Crippen molar-refractivity contribution < 1.29 is 27.3 Å². The minimum atomic E-state index is -4.69. The summed E-state index contributed by atoms with van der Waals surface area (Å²) in [7, 11) is 0. The fraction of sp³-hybridized carbons (Fsp3) is 0.474. The second kappa shape index (κ2) is 7.73. The normalized spacial score (nSPS) is 15.3. The SMILES string of the molecule is CC(=O)CC(C)C(=O)N(Cc1ccc(-c2noc(C(F)(F)F)n2)cc1)C1CC1. The molecule has 1 aromatic carbocycles. The van der Waals surface area contributed by atoms with Crippen LogP contribution < -0.4 is 0 Å². The number of halogens is 3. The Labute approximate surface area is 159 Å². The molecule has 6 nitrogen and oxygen atoms in total. The summed E-state index contributed by atoms with van der Waals surface area (Å²) in [5.74, 6) is -2.01. The molecule has 1 atom stereocenters. The summed E-state index contributed by atoms with van der Waals surface area (Å²) >= 11 is 0. The third kappa shape index (κ3) is 4.76. The van der Waals surface area contributed by atoms with E-state index in [1.165, 1.54) is 6.92 Å². The van der Waals surface area contributed by atoms with E-state index in [0.717, 1.165) is 18.4 Å². The highest BCUT2D eigenvalue weighted by molar-refractivity contribution is 5.85. The van der Waals surface area contributed by atoms with E-state index in [2.05, 4.69) is 14.7 Å². The fourth-order valence-corrected chi connectivity index (χ4v) is 2.99. The quantitative estimate of drug-likeness (QED) is 0.712. The van der Waals surface area contributed by atoms with Crippen LogP contribution in [-0.4, -0.2) is 32.8 Å². The number of hydrogen-bond acceptors (Lipinski definition) is 5. The van der Waals surface area contributed by atoms with E-state index in [9.17, 15) is 22.8 Å². The molecule has 9 heteroatoms. The van der Waals surface area contributed by atoms with Crippen molar-refractivity contribution in [1.82, 2.24) is 15.0 Å². The van der Waals surface area contributed by atoms with Gasteiger partial charge in [0.2, 0.25) is 11.7 Å². The van der Waals surface area contributed by atoms with E-state index < -0.39 is 12.1 Å². The van der Waals surface area contributed by atoms with Crippen LogP contribution in [-0.2, 0) is 22.3 Å². The van der Waals surface area contributed by atoms with Crippen molar-refractivity contribution in [2.24, 2.45) is 5.92 Å². The Morgan fingerprint density at radius 2 is 1.89 bits per heavy atom. The summed E-state index contributed by atoms with van der Waals surface area (Å²) < 4.78 is 42.0. The first-order valence-corrected chi connectivity index (χ1v) is 8.95. The van der Waals surface area contributed by atoms with Crippen LogP contribution in [0.25, 0.3) is 11.4 Å². The molecule has 3 rings (SSSR count). The molecule has 150 valence electrons. The molecule has 1 amide bonds. The molecule has 28 heavy (non-hydrogen) atoms. The number of nitrogens with zero attached hydrogens (tertiary/aromatic N) is 3. The summed E-state index contributed by atoms with van der Waals surface area (Å²) in [5.41, 5.74) is 1.22. The average molecular weight is 395 g/mol. The fourth-order valence-electron chi connectivity index (χ4n) is 2.99. The molecule has 1 unspecified atom stereocenters. The lowest BCUT2D eigenvalue weighted by molar-refractivity contribution is -0.159. The molecule has 1 aliphatic rings. The van der Waals surface area contributed by atoms with Gasteiger partial charge in [0.1, 0.15) is 5.78 Å². The largest absolute Gasteiger partial charge is 0.471 e. The van der Waals surface area contributed by atoms with Gasteiger partial charge in [0.15, 0.2) is 0 Å². The molecular weight excluding hydrogens is 375 g/mol. The lowest BCUT2D eigenvalue weighted by Gasteiger charge is -2.25. The summed E-state index contributed by atoms with van der Waals surface area (Å²) in [5, 5.41) is 3.36. The molecule has 0 bridgehead atoms.